The average Bonchev–Trinajstić information content (AvgIpc) is 2.70. The number of hydrogen-bond acceptors (Lipinski definition) is 4. The van der Waals surface area contributed by atoms with Crippen LogP contribution in [0.5, 0.6) is 0 Å². The molecule has 0 saturated heterocycles. The molecule has 0 bridgehead atoms. The minimum Gasteiger partial charge on any atom is -0.314 e. The molecule has 0 amide bonds. The fourth-order valence-corrected chi connectivity index (χ4v) is 4.92. The Kier molecular flexibility index (Phi) is 4.63. The number of sulfone groups is 1. The average molecular weight is 404 g/mol. The second-order valence-corrected chi connectivity index (χ2v) is 9.18. The minimum atomic E-state index is -3.93. The summed E-state index contributed by atoms with van der Waals surface area (Å²) in [5.74, 6) is -0.506. The number of anilines is 2. The fraction of sp³-hybridized carbons (Fsp3) is 0.125. The number of allylic oxidation sites excluding steroid dienone is 1. The van der Waals surface area contributed by atoms with Gasteiger partial charge >= 0.3 is 0 Å². The topological polar surface area (TPSA) is 54.5 Å². The first-order valence-electron chi connectivity index (χ1n) is 9.33. The van der Waals surface area contributed by atoms with Gasteiger partial charge in [0.05, 0.1) is 10.6 Å². The number of carbonyl (C=O) groups excluding carboxylic acids is 1. The van der Waals surface area contributed by atoms with E-state index < -0.39 is 15.6 Å². The molecule has 0 N–H and O–H groups in total. The highest BCUT2D eigenvalue weighted by Crippen LogP contribution is 2.40. The van der Waals surface area contributed by atoms with Gasteiger partial charge in [-0.2, -0.15) is 0 Å². The van der Waals surface area contributed by atoms with Crippen molar-refractivity contribution in [3.05, 3.63) is 100 Å². The maximum Gasteiger partial charge on any atom is 0.214 e. The van der Waals surface area contributed by atoms with E-state index in [1.54, 1.807) is 53.4 Å². The van der Waals surface area contributed by atoms with Crippen molar-refractivity contribution in [2.75, 3.05) is 4.90 Å². The molecule has 1 aliphatic heterocycles. The van der Waals surface area contributed by atoms with Gasteiger partial charge in [0.15, 0.2) is 0 Å². The second kappa shape index (κ2) is 7.01. The maximum absolute atomic E-state index is 13.3. The van der Waals surface area contributed by atoms with Crippen LogP contribution in [0.15, 0.2) is 82.7 Å². The molecule has 3 aromatic carbocycles. The fourth-order valence-electron chi connectivity index (χ4n) is 3.37. The standard InChI is InChI=1S/C24H21NO3S/c1-16-8-11-19(12-9-16)24(26)23-15-25(20-13-10-17(2)18(3)14-20)21-6-4-5-7-22(21)29(23,27)28/h4-15H,1-3H3. The molecule has 0 spiro atoms. The van der Waals surface area contributed by atoms with Crippen LogP contribution in [-0.2, 0) is 9.84 Å². The lowest BCUT2D eigenvalue weighted by Gasteiger charge is -2.29. The molecular formula is C24H21NO3S. The predicted molar refractivity (Wildman–Crippen MR) is 115 cm³/mol. The number of rotatable bonds is 3. The molecule has 3 aromatic rings. The van der Waals surface area contributed by atoms with E-state index >= 15 is 0 Å². The highest BCUT2D eigenvalue weighted by atomic mass is 32.2. The number of aryl methyl sites for hydroxylation is 3. The van der Waals surface area contributed by atoms with Crippen LogP contribution in [0.2, 0.25) is 0 Å². The van der Waals surface area contributed by atoms with Crippen molar-refractivity contribution < 1.29 is 13.2 Å². The van der Waals surface area contributed by atoms with Gasteiger partial charge in [-0.15, -0.1) is 0 Å². The van der Waals surface area contributed by atoms with Gasteiger partial charge in [0.2, 0.25) is 15.6 Å². The van der Waals surface area contributed by atoms with Crippen molar-refractivity contribution in [1.82, 2.24) is 0 Å². The van der Waals surface area contributed by atoms with Gasteiger partial charge in [-0.3, -0.25) is 4.79 Å². The first kappa shape index (κ1) is 19.2. The summed E-state index contributed by atoms with van der Waals surface area (Å²) in [4.78, 5) is 14.9. The molecule has 5 heteroatoms. The number of ketones is 1. The predicted octanol–water partition coefficient (Wildman–Crippen LogP) is 5.26. The van der Waals surface area contributed by atoms with Crippen LogP contribution in [0.4, 0.5) is 11.4 Å². The monoisotopic (exact) mass is 403 g/mol. The second-order valence-electron chi connectivity index (χ2n) is 7.30. The van der Waals surface area contributed by atoms with Crippen molar-refractivity contribution in [3.8, 4) is 0 Å². The molecule has 1 aliphatic rings. The SMILES string of the molecule is Cc1ccc(C(=O)C2=CN(c3ccc(C)c(C)c3)c3ccccc3S2(=O)=O)cc1. The van der Waals surface area contributed by atoms with Gasteiger partial charge in [0.25, 0.3) is 0 Å². The number of para-hydroxylation sites is 1. The summed E-state index contributed by atoms with van der Waals surface area (Å²) < 4.78 is 26.5. The van der Waals surface area contributed by atoms with Gasteiger partial charge in [-0.25, -0.2) is 8.42 Å². The van der Waals surface area contributed by atoms with Gasteiger partial charge in [-0.05, 0) is 56.2 Å². The van der Waals surface area contributed by atoms with Crippen molar-refractivity contribution in [3.63, 3.8) is 0 Å². The Labute approximate surface area is 171 Å². The Balaban J connectivity index is 1.92. The third-order valence-corrected chi connectivity index (χ3v) is 7.05. The quantitative estimate of drug-likeness (QED) is 0.560. The zero-order valence-electron chi connectivity index (χ0n) is 16.5. The van der Waals surface area contributed by atoms with Gasteiger partial charge in [0, 0.05) is 17.5 Å². The van der Waals surface area contributed by atoms with Crippen LogP contribution < -0.4 is 4.90 Å². The van der Waals surface area contributed by atoms with E-state index in [4.69, 9.17) is 0 Å². The van der Waals surface area contributed by atoms with Crippen molar-refractivity contribution in [2.24, 2.45) is 0 Å². The normalized spacial score (nSPS) is 14.9. The van der Waals surface area contributed by atoms with Crippen molar-refractivity contribution >= 4 is 27.0 Å². The van der Waals surface area contributed by atoms with Crippen LogP contribution in [0.3, 0.4) is 0 Å². The molecule has 29 heavy (non-hydrogen) atoms. The first-order chi connectivity index (χ1) is 13.8. The van der Waals surface area contributed by atoms with E-state index in [0.29, 0.717) is 11.3 Å². The van der Waals surface area contributed by atoms with Gasteiger partial charge in [0.1, 0.15) is 4.91 Å². The molecule has 0 aromatic heterocycles. The van der Waals surface area contributed by atoms with Crippen LogP contribution in [-0.4, -0.2) is 14.2 Å². The third-order valence-electron chi connectivity index (χ3n) is 5.26. The number of hydrogen-bond donors (Lipinski definition) is 0. The number of benzene rings is 3. The van der Waals surface area contributed by atoms with Crippen LogP contribution in [0.25, 0.3) is 0 Å². The minimum absolute atomic E-state index is 0.135. The molecule has 0 fully saturated rings. The van der Waals surface area contributed by atoms with Crippen LogP contribution in [0, 0.1) is 20.8 Å². The third kappa shape index (κ3) is 3.28. The summed E-state index contributed by atoms with van der Waals surface area (Å²) in [6.07, 6.45) is 1.45. The summed E-state index contributed by atoms with van der Waals surface area (Å²) in [5, 5.41) is 0. The summed E-state index contributed by atoms with van der Waals surface area (Å²) >= 11 is 0. The summed E-state index contributed by atoms with van der Waals surface area (Å²) in [7, 11) is -3.93. The Morgan fingerprint density at radius 3 is 2.21 bits per heavy atom. The maximum atomic E-state index is 13.3. The molecule has 4 nitrogen and oxygen atoms in total. The smallest absolute Gasteiger partial charge is 0.214 e. The Hall–Kier alpha value is -3.18. The van der Waals surface area contributed by atoms with Crippen molar-refractivity contribution in [1.29, 1.82) is 0 Å². The molecule has 0 saturated carbocycles. The van der Waals surface area contributed by atoms with E-state index in [1.807, 2.05) is 39.0 Å². The van der Waals surface area contributed by atoms with Crippen molar-refractivity contribution in [2.45, 2.75) is 25.7 Å². The highest BCUT2D eigenvalue weighted by Gasteiger charge is 2.36. The lowest BCUT2D eigenvalue weighted by Crippen LogP contribution is -2.25. The van der Waals surface area contributed by atoms with Crippen LogP contribution >= 0.6 is 0 Å². The Bertz CT molecular complexity index is 1260. The molecule has 0 aliphatic carbocycles. The molecular weight excluding hydrogens is 382 g/mol. The number of carbonyl (C=O) groups is 1. The molecule has 146 valence electrons. The Morgan fingerprint density at radius 2 is 1.52 bits per heavy atom. The van der Waals surface area contributed by atoms with E-state index in [0.717, 1.165) is 22.4 Å². The largest absolute Gasteiger partial charge is 0.314 e. The molecule has 1 heterocycles. The van der Waals surface area contributed by atoms with E-state index in [9.17, 15) is 13.2 Å². The van der Waals surface area contributed by atoms with E-state index in [1.165, 1.54) is 6.20 Å². The van der Waals surface area contributed by atoms with Crippen LogP contribution in [0.1, 0.15) is 27.0 Å². The molecule has 0 atom stereocenters. The van der Waals surface area contributed by atoms with Gasteiger partial charge < -0.3 is 4.90 Å². The number of Topliss-reactive ketones (excluding diaryl/α,β-unsaturated/α-hetero) is 1. The first-order valence-corrected chi connectivity index (χ1v) is 10.8. The Morgan fingerprint density at radius 1 is 0.828 bits per heavy atom. The molecule has 4 rings (SSSR count). The molecule has 0 unspecified atom stereocenters. The summed E-state index contributed by atoms with van der Waals surface area (Å²) in [6, 6.07) is 19.6. The van der Waals surface area contributed by atoms with E-state index in [-0.39, 0.29) is 9.80 Å². The lowest BCUT2D eigenvalue weighted by molar-refractivity contribution is 0.104. The highest BCUT2D eigenvalue weighted by molar-refractivity contribution is 7.96. The zero-order valence-corrected chi connectivity index (χ0v) is 17.3. The lowest BCUT2D eigenvalue weighted by atomic mass is 10.1. The summed E-state index contributed by atoms with van der Waals surface area (Å²) in [5.41, 5.74) is 4.94. The van der Waals surface area contributed by atoms with Gasteiger partial charge in [-0.1, -0.05) is 48.0 Å². The molecule has 0 radical (unpaired) electrons. The number of nitrogens with zero attached hydrogens (tertiary/aromatic N) is 1. The number of fused-ring (bicyclic) bond motifs is 1. The van der Waals surface area contributed by atoms with E-state index in [2.05, 4.69) is 0 Å². The summed E-state index contributed by atoms with van der Waals surface area (Å²) in [6.45, 7) is 5.95. The zero-order chi connectivity index (χ0) is 20.8.